The third-order valence-electron chi connectivity index (χ3n) is 2.45. The second kappa shape index (κ2) is 7.50. The van der Waals surface area contributed by atoms with Gasteiger partial charge in [-0.1, -0.05) is 34.0 Å². The van der Waals surface area contributed by atoms with Crippen molar-refractivity contribution in [2.75, 3.05) is 4.43 Å². The van der Waals surface area contributed by atoms with E-state index < -0.39 is 25.4 Å². The molecule has 0 aromatic rings. The normalized spacial score (nSPS) is 13.4. The summed E-state index contributed by atoms with van der Waals surface area (Å²) in [6.45, 7) is 15.7. The van der Waals surface area contributed by atoms with Gasteiger partial charge in [-0.05, 0) is 37.0 Å². The molecule has 0 saturated carbocycles. The Hall–Kier alpha value is 0.741. The fourth-order valence-corrected chi connectivity index (χ4v) is 11.6. The minimum absolute atomic E-state index is 0.616. The van der Waals surface area contributed by atoms with E-state index in [4.69, 9.17) is 8.23 Å². The number of alkyl halides is 1. The molecular formula is C11H25IO3Si3. The molecular weight excluding hydrogens is 391 g/mol. The van der Waals surface area contributed by atoms with Gasteiger partial charge in [0.05, 0.1) is 0 Å². The molecule has 0 bridgehead atoms. The van der Waals surface area contributed by atoms with E-state index in [1.807, 2.05) is 37.6 Å². The Labute approximate surface area is 128 Å². The first-order chi connectivity index (χ1) is 8.10. The predicted octanol–water partition coefficient (Wildman–Crippen LogP) is 3.64. The van der Waals surface area contributed by atoms with Crippen molar-refractivity contribution in [3.63, 3.8) is 0 Å². The molecule has 0 heterocycles. The maximum absolute atomic E-state index is 10.7. The van der Waals surface area contributed by atoms with Crippen LogP contribution in [0.25, 0.3) is 0 Å². The van der Waals surface area contributed by atoms with Crippen LogP contribution in [0.1, 0.15) is 6.42 Å². The van der Waals surface area contributed by atoms with Crippen molar-refractivity contribution in [1.82, 2.24) is 0 Å². The SMILES string of the molecule is C=C[Si](C)(C)O[Si](O)(CCCI)O[Si](C)(C)C=C. The zero-order valence-corrected chi connectivity index (χ0v) is 17.0. The fraction of sp³-hybridized carbons (Fsp3) is 0.636. The zero-order valence-electron chi connectivity index (χ0n) is 11.8. The molecule has 1 N–H and O–H groups in total. The molecule has 0 aromatic heterocycles. The molecule has 0 aromatic carbocycles. The highest BCUT2D eigenvalue weighted by molar-refractivity contribution is 14.1. The highest BCUT2D eigenvalue weighted by Gasteiger charge is 2.45. The summed E-state index contributed by atoms with van der Waals surface area (Å²) in [6, 6.07) is 0.616. The molecule has 0 amide bonds. The van der Waals surface area contributed by atoms with Crippen LogP contribution in [0.2, 0.25) is 32.2 Å². The molecule has 0 aliphatic heterocycles. The van der Waals surface area contributed by atoms with Gasteiger partial charge >= 0.3 is 8.80 Å². The summed E-state index contributed by atoms with van der Waals surface area (Å²) in [5.41, 5.74) is 3.67. The van der Waals surface area contributed by atoms with Gasteiger partial charge in [-0.3, -0.25) is 0 Å². The van der Waals surface area contributed by atoms with Crippen LogP contribution in [0.4, 0.5) is 0 Å². The molecule has 0 radical (unpaired) electrons. The summed E-state index contributed by atoms with van der Waals surface area (Å²) >= 11 is 2.30. The lowest BCUT2D eigenvalue weighted by Gasteiger charge is -2.36. The van der Waals surface area contributed by atoms with Gasteiger partial charge in [0.2, 0.25) is 16.6 Å². The van der Waals surface area contributed by atoms with E-state index in [9.17, 15) is 4.80 Å². The van der Waals surface area contributed by atoms with Crippen molar-refractivity contribution in [2.24, 2.45) is 0 Å². The van der Waals surface area contributed by atoms with Gasteiger partial charge in [-0.25, -0.2) is 0 Å². The largest absolute Gasteiger partial charge is 0.477 e. The van der Waals surface area contributed by atoms with Crippen molar-refractivity contribution in [1.29, 1.82) is 0 Å². The number of hydrogen-bond donors (Lipinski definition) is 1. The third kappa shape index (κ3) is 7.36. The van der Waals surface area contributed by atoms with Gasteiger partial charge in [0.25, 0.3) is 0 Å². The monoisotopic (exact) mass is 416 g/mol. The molecule has 0 atom stereocenters. The van der Waals surface area contributed by atoms with Gasteiger partial charge in [0.15, 0.2) is 0 Å². The predicted molar refractivity (Wildman–Crippen MR) is 93.8 cm³/mol. The Morgan fingerprint density at radius 2 is 1.44 bits per heavy atom. The summed E-state index contributed by atoms with van der Waals surface area (Å²) in [5.74, 6) is 0. The van der Waals surface area contributed by atoms with Gasteiger partial charge in [-0.15, -0.1) is 13.2 Å². The molecule has 0 fully saturated rings. The zero-order chi connectivity index (χ0) is 14.4. The minimum atomic E-state index is -3.11. The molecule has 0 aliphatic carbocycles. The second-order valence-corrected chi connectivity index (χ2v) is 17.2. The van der Waals surface area contributed by atoms with E-state index in [1.165, 1.54) is 0 Å². The number of hydrogen-bond acceptors (Lipinski definition) is 3. The van der Waals surface area contributed by atoms with Crippen LogP contribution in [0.15, 0.2) is 24.6 Å². The van der Waals surface area contributed by atoms with Crippen LogP contribution in [0.3, 0.4) is 0 Å². The highest BCUT2D eigenvalue weighted by atomic mass is 127. The summed E-state index contributed by atoms with van der Waals surface area (Å²) < 4.78 is 13.0. The standard InChI is InChI=1S/C11H25IO3Si3/c1-7-16(3,4)14-18(13,11-9-10-12)15-17(5,6)8-2/h7-8,13H,1-2,9-11H2,3-6H3. The van der Waals surface area contributed by atoms with Crippen LogP contribution in [-0.2, 0) is 8.23 Å². The second-order valence-electron chi connectivity index (χ2n) is 5.32. The molecule has 3 nitrogen and oxygen atoms in total. The van der Waals surface area contributed by atoms with E-state index in [1.54, 1.807) is 0 Å². The molecule has 106 valence electrons. The van der Waals surface area contributed by atoms with Crippen LogP contribution in [-0.4, -0.2) is 34.7 Å². The Kier molecular flexibility index (Phi) is 7.81. The van der Waals surface area contributed by atoms with Crippen LogP contribution in [0.5, 0.6) is 0 Å². The lowest BCUT2D eigenvalue weighted by atomic mass is 10.6. The summed E-state index contributed by atoms with van der Waals surface area (Å²) in [7, 11) is -7.19. The van der Waals surface area contributed by atoms with Crippen molar-refractivity contribution < 1.29 is 13.0 Å². The lowest BCUT2D eigenvalue weighted by molar-refractivity contribution is 0.246. The van der Waals surface area contributed by atoms with E-state index in [2.05, 4.69) is 35.7 Å². The van der Waals surface area contributed by atoms with Gasteiger partial charge in [0.1, 0.15) is 0 Å². The van der Waals surface area contributed by atoms with Gasteiger partial charge < -0.3 is 13.0 Å². The van der Waals surface area contributed by atoms with Crippen molar-refractivity contribution >= 4 is 48.0 Å². The fourth-order valence-electron chi connectivity index (χ4n) is 1.32. The van der Waals surface area contributed by atoms with E-state index in [-0.39, 0.29) is 0 Å². The minimum Gasteiger partial charge on any atom is -0.412 e. The van der Waals surface area contributed by atoms with Gasteiger partial charge in [0, 0.05) is 6.04 Å². The molecule has 0 unspecified atom stereocenters. The smallest absolute Gasteiger partial charge is 0.412 e. The highest BCUT2D eigenvalue weighted by Crippen LogP contribution is 2.24. The lowest BCUT2D eigenvalue weighted by Crippen LogP contribution is -2.55. The van der Waals surface area contributed by atoms with Crippen molar-refractivity contribution in [3.05, 3.63) is 24.6 Å². The van der Waals surface area contributed by atoms with Crippen molar-refractivity contribution in [3.8, 4) is 0 Å². The number of halogens is 1. The summed E-state index contributed by atoms with van der Waals surface area (Å²) in [6.07, 6.45) is 0.909. The molecule has 18 heavy (non-hydrogen) atoms. The third-order valence-corrected chi connectivity index (χ3v) is 12.9. The Balaban J connectivity index is 4.93. The van der Waals surface area contributed by atoms with Crippen LogP contribution >= 0.6 is 22.6 Å². The van der Waals surface area contributed by atoms with Crippen LogP contribution < -0.4 is 0 Å². The van der Waals surface area contributed by atoms with E-state index in [0.29, 0.717) is 6.04 Å². The van der Waals surface area contributed by atoms with Crippen LogP contribution in [0, 0.1) is 0 Å². The molecule has 0 spiro atoms. The topological polar surface area (TPSA) is 38.7 Å². The molecule has 0 aliphatic rings. The first-order valence-electron chi connectivity index (χ1n) is 6.05. The van der Waals surface area contributed by atoms with E-state index >= 15 is 0 Å². The Bertz CT molecular complexity index is 273. The summed E-state index contributed by atoms with van der Waals surface area (Å²) in [4.78, 5) is 10.7. The van der Waals surface area contributed by atoms with Gasteiger partial charge in [-0.2, -0.15) is 0 Å². The van der Waals surface area contributed by atoms with E-state index in [0.717, 1.165) is 10.8 Å². The maximum Gasteiger partial charge on any atom is 0.477 e. The first-order valence-corrected chi connectivity index (χ1v) is 15.5. The number of rotatable bonds is 9. The Morgan fingerprint density at radius 1 is 1.06 bits per heavy atom. The van der Waals surface area contributed by atoms with Crippen molar-refractivity contribution in [2.45, 2.75) is 38.7 Å². The first kappa shape index (κ1) is 18.7. The average Bonchev–Trinajstić information content (AvgIpc) is 2.25. The molecule has 7 heteroatoms. The average molecular weight is 416 g/mol. The maximum atomic E-state index is 10.7. The molecule has 0 rings (SSSR count). The summed E-state index contributed by atoms with van der Waals surface area (Å²) in [5, 5.41) is 0. The Morgan fingerprint density at radius 3 is 1.72 bits per heavy atom. The molecule has 0 saturated heterocycles. The quantitative estimate of drug-likeness (QED) is 0.354.